The molecule has 0 saturated carbocycles. The van der Waals surface area contributed by atoms with Crippen LogP contribution in [0.15, 0.2) is 69.6 Å². The van der Waals surface area contributed by atoms with E-state index in [0.29, 0.717) is 11.0 Å². The fraction of sp³-hybridized carbons (Fsp3) is 0.174. The fourth-order valence-electron chi connectivity index (χ4n) is 3.44. The first kappa shape index (κ1) is 28.9. The van der Waals surface area contributed by atoms with Gasteiger partial charge in [-0.05, 0) is 80.4 Å². The number of anilines is 1. The van der Waals surface area contributed by atoms with Crippen molar-refractivity contribution in [2.24, 2.45) is 0 Å². The monoisotopic (exact) mass is 673 g/mol. The number of fused-ring (bicyclic) bond motifs is 1. The van der Waals surface area contributed by atoms with Gasteiger partial charge < -0.3 is 21.9 Å². The van der Waals surface area contributed by atoms with E-state index in [1.807, 2.05) is 0 Å². The van der Waals surface area contributed by atoms with Crippen molar-refractivity contribution >= 4 is 48.8 Å². The minimum absolute atomic E-state index is 0. The Balaban J connectivity index is 0.00000380. The van der Waals surface area contributed by atoms with Gasteiger partial charge in [0.25, 0.3) is 0 Å². The summed E-state index contributed by atoms with van der Waals surface area (Å²) in [7, 11) is 0. The SMILES string of the molecule is Nc1n(COc2ccc(C(F)(F)F)cc2Br)c2ccccc2[n+]1COc1ccc(C(F)(F)F)cc1Br.[Cl-]. The molecule has 4 rings (SSSR count). The normalized spacial score (nSPS) is 11.9. The summed E-state index contributed by atoms with van der Waals surface area (Å²) < 4.78 is 92.4. The van der Waals surface area contributed by atoms with Gasteiger partial charge in [0.2, 0.25) is 13.5 Å². The summed E-state index contributed by atoms with van der Waals surface area (Å²) in [5.74, 6) is 0.551. The van der Waals surface area contributed by atoms with Crippen LogP contribution in [-0.2, 0) is 25.8 Å². The number of nitrogens with zero attached hydrogens (tertiary/aromatic N) is 2. The lowest BCUT2D eigenvalue weighted by Crippen LogP contribution is -3.00. The molecule has 0 bridgehead atoms. The van der Waals surface area contributed by atoms with Crippen molar-refractivity contribution in [2.45, 2.75) is 25.8 Å². The summed E-state index contributed by atoms with van der Waals surface area (Å²) in [6.45, 7) is -0.263. The molecule has 1 heterocycles. The number of nitrogens with two attached hydrogens (primary N) is 1. The van der Waals surface area contributed by atoms with E-state index in [2.05, 4.69) is 31.9 Å². The van der Waals surface area contributed by atoms with Crippen molar-refractivity contribution in [3.63, 3.8) is 0 Å². The molecule has 0 aliphatic carbocycles. The number of aromatic nitrogens is 2. The van der Waals surface area contributed by atoms with Gasteiger partial charge in [-0.3, -0.25) is 5.73 Å². The average Bonchev–Trinajstić information content (AvgIpc) is 3.06. The number of benzene rings is 3. The largest absolute Gasteiger partial charge is 1.00 e. The van der Waals surface area contributed by atoms with E-state index >= 15 is 0 Å². The van der Waals surface area contributed by atoms with E-state index in [-0.39, 0.29) is 52.3 Å². The molecular weight excluding hydrogens is 660 g/mol. The zero-order valence-corrected chi connectivity index (χ0v) is 22.3. The Hall–Kier alpha value is -2.64. The Bertz CT molecular complexity index is 1320. The maximum atomic E-state index is 12.9. The minimum atomic E-state index is -4.49. The van der Waals surface area contributed by atoms with E-state index in [1.54, 1.807) is 33.4 Å². The van der Waals surface area contributed by atoms with Crippen LogP contribution >= 0.6 is 31.9 Å². The Labute approximate surface area is 229 Å². The maximum Gasteiger partial charge on any atom is 0.416 e. The van der Waals surface area contributed by atoms with E-state index < -0.39 is 23.5 Å². The molecule has 0 aliphatic heterocycles. The van der Waals surface area contributed by atoms with Crippen LogP contribution in [0, 0.1) is 0 Å². The summed E-state index contributed by atoms with van der Waals surface area (Å²) in [5, 5.41) is 0. The summed E-state index contributed by atoms with van der Waals surface area (Å²) in [5.41, 5.74) is 5.98. The molecule has 14 heteroatoms. The van der Waals surface area contributed by atoms with E-state index in [0.717, 1.165) is 24.3 Å². The molecule has 0 atom stereocenters. The molecule has 5 nitrogen and oxygen atoms in total. The Kier molecular flexibility index (Phi) is 8.60. The van der Waals surface area contributed by atoms with Gasteiger partial charge >= 0.3 is 18.3 Å². The predicted molar refractivity (Wildman–Crippen MR) is 126 cm³/mol. The van der Waals surface area contributed by atoms with E-state index in [1.165, 1.54) is 12.1 Å². The molecule has 2 N–H and O–H groups in total. The lowest BCUT2D eigenvalue weighted by atomic mass is 10.2. The van der Waals surface area contributed by atoms with Gasteiger partial charge in [-0.1, -0.05) is 12.1 Å². The van der Waals surface area contributed by atoms with Crippen molar-refractivity contribution in [3.05, 3.63) is 80.7 Å². The molecule has 198 valence electrons. The third-order valence-corrected chi connectivity index (χ3v) is 6.47. The molecule has 0 radical (unpaired) electrons. The smallest absolute Gasteiger partial charge is 0.416 e. The van der Waals surface area contributed by atoms with Crippen LogP contribution in [0.4, 0.5) is 32.3 Å². The highest BCUT2D eigenvalue weighted by Crippen LogP contribution is 2.36. The highest BCUT2D eigenvalue weighted by Gasteiger charge is 2.32. The van der Waals surface area contributed by atoms with Crippen LogP contribution in [0.3, 0.4) is 0 Å². The molecule has 0 aliphatic rings. The third kappa shape index (κ3) is 6.27. The average molecular weight is 676 g/mol. The number of hydrogen-bond donors (Lipinski definition) is 1. The van der Waals surface area contributed by atoms with Gasteiger partial charge in [-0.2, -0.15) is 35.5 Å². The second-order valence-electron chi connectivity index (χ2n) is 7.54. The number of nitrogen functional groups attached to an aromatic ring is 1. The van der Waals surface area contributed by atoms with Crippen molar-refractivity contribution in [1.82, 2.24) is 4.57 Å². The number of imidazole rings is 1. The summed E-state index contributed by atoms with van der Waals surface area (Å²) in [4.78, 5) is 0. The minimum Gasteiger partial charge on any atom is -1.00 e. The Morgan fingerprint density at radius 3 is 1.81 bits per heavy atom. The third-order valence-electron chi connectivity index (χ3n) is 5.23. The van der Waals surface area contributed by atoms with Crippen LogP contribution < -0.4 is 32.2 Å². The molecule has 37 heavy (non-hydrogen) atoms. The van der Waals surface area contributed by atoms with Crippen LogP contribution in [0.2, 0.25) is 0 Å². The first-order chi connectivity index (χ1) is 16.9. The number of alkyl halides is 6. The highest BCUT2D eigenvalue weighted by atomic mass is 79.9. The quantitative estimate of drug-likeness (QED) is 0.247. The molecule has 0 unspecified atom stereocenters. The first-order valence-corrected chi connectivity index (χ1v) is 11.7. The fourth-order valence-corrected chi connectivity index (χ4v) is 4.43. The van der Waals surface area contributed by atoms with Crippen molar-refractivity contribution in [3.8, 4) is 11.5 Å². The molecule has 1 aromatic heterocycles. The molecule has 4 aromatic rings. The van der Waals surface area contributed by atoms with Gasteiger partial charge in [0.1, 0.15) is 22.5 Å². The number of hydrogen-bond acceptors (Lipinski definition) is 3. The van der Waals surface area contributed by atoms with Gasteiger partial charge in [0.05, 0.1) is 20.1 Å². The molecular formula is C23H16Br2ClF6N3O2. The summed E-state index contributed by atoms with van der Waals surface area (Å²) in [6.07, 6.45) is -8.98. The van der Waals surface area contributed by atoms with E-state index in [9.17, 15) is 26.3 Å². The van der Waals surface area contributed by atoms with Crippen LogP contribution in [0.1, 0.15) is 11.1 Å². The standard InChI is InChI=1S/C23H15Br2F6N3O2.ClH/c24-15-9-13(22(26,27)28)5-7-19(15)35-11-33-17-3-1-2-4-18(17)34(21(33)32)12-36-20-8-6-14(10-16(20)25)23(29,30)31;/h1-10,32H,11-12H2;1H. The van der Waals surface area contributed by atoms with Crippen LogP contribution in [0.25, 0.3) is 11.0 Å². The first-order valence-electron chi connectivity index (χ1n) is 10.1. The second kappa shape index (κ2) is 11.0. The van der Waals surface area contributed by atoms with E-state index in [4.69, 9.17) is 15.2 Å². The zero-order chi connectivity index (χ0) is 26.3. The molecule has 0 spiro atoms. The van der Waals surface area contributed by atoms with Crippen molar-refractivity contribution in [2.75, 3.05) is 5.73 Å². The summed E-state index contributed by atoms with van der Waals surface area (Å²) in [6, 6.07) is 13.1. The topological polar surface area (TPSA) is 53.3 Å². The molecule has 0 saturated heterocycles. The second-order valence-corrected chi connectivity index (χ2v) is 9.24. The van der Waals surface area contributed by atoms with Gasteiger partial charge in [-0.15, -0.1) is 0 Å². The molecule has 3 aromatic carbocycles. The number of ether oxygens (including phenoxy) is 2. The Morgan fingerprint density at radius 1 is 0.784 bits per heavy atom. The van der Waals surface area contributed by atoms with Gasteiger partial charge in [-0.25, -0.2) is 0 Å². The lowest BCUT2D eigenvalue weighted by Gasteiger charge is -2.12. The molecule has 0 fully saturated rings. The molecule has 0 amide bonds. The van der Waals surface area contributed by atoms with Crippen LogP contribution in [0.5, 0.6) is 11.5 Å². The number of halogens is 9. The van der Waals surface area contributed by atoms with Gasteiger partial charge in [0.15, 0.2) is 0 Å². The number of rotatable bonds is 6. The zero-order valence-electron chi connectivity index (χ0n) is 18.4. The lowest BCUT2D eigenvalue weighted by molar-refractivity contribution is -0.687. The van der Waals surface area contributed by atoms with Crippen molar-refractivity contribution < 1.29 is 52.8 Å². The van der Waals surface area contributed by atoms with Crippen molar-refractivity contribution in [1.29, 1.82) is 0 Å². The Morgan fingerprint density at radius 2 is 1.30 bits per heavy atom. The maximum absolute atomic E-state index is 12.9. The predicted octanol–water partition coefficient (Wildman–Crippen LogP) is 4.15. The summed E-state index contributed by atoms with van der Waals surface area (Å²) >= 11 is 6.19. The number of para-hydroxylation sites is 2. The van der Waals surface area contributed by atoms with Gasteiger partial charge in [0, 0.05) is 0 Å². The van der Waals surface area contributed by atoms with Crippen LogP contribution in [-0.4, -0.2) is 4.57 Å². The highest BCUT2D eigenvalue weighted by molar-refractivity contribution is 9.10.